The van der Waals surface area contributed by atoms with Gasteiger partial charge in [0.2, 0.25) is 0 Å². The van der Waals surface area contributed by atoms with Crippen LogP contribution in [0, 0.1) is 0 Å². The van der Waals surface area contributed by atoms with Crippen LogP contribution in [-0.4, -0.2) is 12.6 Å². The summed E-state index contributed by atoms with van der Waals surface area (Å²) >= 11 is 5.85. The van der Waals surface area contributed by atoms with Crippen LogP contribution < -0.4 is 15.0 Å². The second kappa shape index (κ2) is 7.91. The van der Waals surface area contributed by atoms with Crippen LogP contribution in [0.3, 0.4) is 0 Å². The van der Waals surface area contributed by atoms with E-state index in [9.17, 15) is 18.0 Å². The molecule has 2 amide bonds. The third kappa shape index (κ3) is 4.36. The maximum Gasteiger partial charge on any atom is 0.416 e. The summed E-state index contributed by atoms with van der Waals surface area (Å²) in [5.74, 6) is 1.20. The maximum atomic E-state index is 13.0. The smallest absolute Gasteiger partial charge is 0.416 e. The van der Waals surface area contributed by atoms with E-state index in [-0.39, 0.29) is 12.6 Å². The molecule has 1 fully saturated rings. The summed E-state index contributed by atoms with van der Waals surface area (Å²) in [7, 11) is 0. The molecular formula is C22H16ClF3N2O2. The van der Waals surface area contributed by atoms with Crippen molar-refractivity contribution in [2.45, 2.75) is 12.2 Å². The van der Waals surface area contributed by atoms with Gasteiger partial charge in [-0.3, -0.25) is 4.90 Å². The van der Waals surface area contributed by atoms with Crippen LogP contribution in [0.4, 0.5) is 23.7 Å². The number of halogens is 4. The zero-order valence-corrected chi connectivity index (χ0v) is 16.2. The third-order valence-corrected chi connectivity index (χ3v) is 4.97. The molecule has 1 N–H and O–H groups in total. The van der Waals surface area contributed by atoms with Crippen molar-refractivity contribution in [3.8, 4) is 11.5 Å². The van der Waals surface area contributed by atoms with Gasteiger partial charge < -0.3 is 10.1 Å². The van der Waals surface area contributed by atoms with E-state index in [4.69, 9.17) is 16.3 Å². The Morgan fingerprint density at radius 1 is 0.967 bits per heavy atom. The monoisotopic (exact) mass is 432 g/mol. The number of carbonyl (C=O) groups is 1. The zero-order chi connectivity index (χ0) is 21.3. The Morgan fingerprint density at radius 3 is 2.23 bits per heavy atom. The number of alkyl halides is 3. The molecule has 1 unspecified atom stereocenters. The molecule has 154 valence electrons. The van der Waals surface area contributed by atoms with E-state index in [2.05, 4.69) is 5.32 Å². The molecule has 0 radical (unpaired) electrons. The number of nitrogens with one attached hydrogen (secondary N) is 1. The second-order valence-corrected chi connectivity index (χ2v) is 7.22. The fraction of sp³-hybridized carbons (Fsp3) is 0.136. The van der Waals surface area contributed by atoms with E-state index in [0.29, 0.717) is 27.8 Å². The van der Waals surface area contributed by atoms with Crippen molar-refractivity contribution in [2.75, 3.05) is 11.4 Å². The highest BCUT2D eigenvalue weighted by Gasteiger charge is 2.34. The van der Waals surface area contributed by atoms with Crippen molar-refractivity contribution >= 4 is 23.3 Å². The molecule has 0 bridgehead atoms. The van der Waals surface area contributed by atoms with E-state index in [0.717, 1.165) is 12.1 Å². The first-order valence-electron chi connectivity index (χ1n) is 9.08. The molecule has 0 spiro atoms. The summed E-state index contributed by atoms with van der Waals surface area (Å²) in [5.41, 5.74) is 0.283. The van der Waals surface area contributed by atoms with Gasteiger partial charge >= 0.3 is 12.2 Å². The molecule has 30 heavy (non-hydrogen) atoms. The molecular weight excluding hydrogens is 417 g/mol. The predicted octanol–water partition coefficient (Wildman–Crippen LogP) is 6.42. The first-order chi connectivity index (χ1) is 14.3. The van der Waals surface area contributed by atoms with Gasteiger partial charge in [0.15, 0.2) is 0 Å². The fourth-order valence-corrected chi connectivity index (χ4v) is 3.34. The molecule has 4 rings (SSSR count). The number of hydrogen-bond acceptors (Lipinski definition) is 2. The van der Waals surface area contributed by atoms with Gasteiger partial charge in [0.05, 0.1) is 18.2 Å². The molecule has 3 aromatic rings. The summed E-state index contributed by atoms with van der Waals surface area (Å²) in [6.07, 6.45) is -4.43. The lowest BCUT2D eigenvalue weighted by Gasteiger charge is -2.16. The minimum atomic E-state index is -4.43. The molecule has 1 aliphatic heterocycles. The molecule has 1 aliphatic rings. The molecule has 0 aliphatic carbocycles. The standard InChI is InChI=1S/C22H16ClF3N2O2/c23-16-4-8-18(9-5-16)30-19-10-6-17(7-11-19)28-13-20(27-21(28)29)14-2-1-3-15(12-14)22(24,25)26/h1-12,20H,13H2,(H,27,29). The van der Waals surface area contributed by atoms with Crippen LogP contribution in [0.5, 0.6) is 11.5 Å². The number of carbonyl (C=O) groups excluding carboxylic acids is 1. The third-order valence-electron chi connectivity index (χ3n) is 4.72. The van der Waals surface area contributed by atoms with Gasteiger partial charge in [-0.05, 0) is 66.2 Å². The Bertz CT molecular complexity index is 1050. The lowest BCUT2D eigenvalue weighted by molar-refractivity contribution is -0.137. The summed E-state index contributed by atoms with van der Waals surface area (Å²) in [5, 5.41) is 3.34. The molecule has 0 aromatic heterocycles. The highest BCUT2D eigenvalue weighted by Crippen LogP contribution is 2.33. The van der Waals surface area contributed by atoms with Crippen LogP contribution in [0.25, 0.3) is 0 Å². The molecule has 4 nitrogen and oxygen atoms in total. The largest absolute Gasteiger partial charge is 0.457 e. The summed E-state index contributed by atoms with van der Waals surface area (Å²) in [6, 6.07) is 17.9. The Morgan fingerprint density at radius 2 is 1.60 bits per heavy atom. The van der Waals surface area contributed by atoms with Gasteiger partial charge in [0.1, 0.15) is 11.5 Å². The first-order valence-corrected chi connectivity index (χ1v) is 9.46. The lowest BCUT2D eigenvalue weighted by Crippen LogP contribution is -2.27. The highest BCUT2D eigenvalue weighted by atomic mass is 35.5. The first kappa shape index (κ1) is 20.1. The van der Waals surface area contributed by atoms with Crippen LogP contribution in [-0.2, 0) is 6.18 Å². The minimum Gasteiger partial charge on any atom is -0.457 e. The van der Waals surface area contributed by atoms with Crippen molar-refractivity contribution in [3.63, 3.8) is 0 Å². The van der Waals surface area contributed by atoms with E-state index in [1.165, 1.54) is 11.0 Å². The van der Waals surface area contributed by atoms with Crippen molar-refractivity contribution < 1.29 is 22.7 Å². The number of hydrogen-bond donors (Lipinski definition) is 1. The van der Waals surface area contributed by atoms with Crippen molar-refractivity contribution in [1.29, 1.82) is 0 Å². The predicted molar refractivity (Wildman–Crippen MR) is 108 cm³/mol. The van der Waals surface area contributed by atoms with Crippen molar-refractivity contribution in [2.24, 2.45) is 0 Å². The molecule has 0 saturated carbocycles. The molecule has 1 atom stereocenters. The van der Waals surface area contributed by atoms with Crippen molar-refractivity contribution in [3.05, 3.63) is 88.9 Å². The molecule has 1 heterocycles. The number of ether oxygens (including phenoxy) is 1. The van der Waals surface area contributed by atoms with Crippen LogP contribution in [0.1, 0.15) is 17.2 Å². The summed E-state index contributed by atoms with van der Waals surface area (Å²) in [4.78, 5) is 13.9. The van der Waals surface area contributed by atoms with E-state index in [1.807, 2.05) is 0 Å². The maximum absolute atomic E-state index is 13.0. The molecule has 1 saturated heterocycles. The topological polar surface area (TPSA) is 41.6 Å². The van der Waals surface area contributed by atoms with Crippen LogP contribution in [0.15, 0.2) is 72.8 Å². The van der Waals surface area contributed by atoms with Crippen LogP contribution in [0.2, 0.25) is 5.02 Å². The van der Waals surface area contributed by atoms with Gasteiger partial charge in [0, 0.05) is 10.7 Å². The van der Waals surface area contributed by atoms with Crippen molar-refractivity contribution in [1.82, 2.24) is 5.32 Å². The van der Waals surface area contributed by atoms with Crippen LogP contribution >= 0.6 is 11.6 Å². The average molecular weight is 433 g/mol. The quantitative estimate of drug-likeness (QED) is 0.516. The SMILES string of the molecule is O=C1NC(c2cccc(C(F)(F)F)c2)CN1c1ccc(Oc2ccc(Cl)cc2)cc1. The summed E-state index contributed by atoms with van der Waals surface area (Å²) < 4.78 is 44.6. The summed E-state index contributed by atoms with van der Waals surface area (Å²) in [6.45, 7) is 0.220. The second-order valence-electron chi connectivity index (χ2n) is 6.79. The normalized spacial score (nSPS) is 16.5. The minimum absolute atomic E-state index is 0.220. The van der Waals surface area contributed by atoms with E-state index < -0.39 is 17.8 Å². The number of rotatable bonds is 4. The zero-order valence-electron chi connectivity index (χ0n) is 15.5. The van der Waals surface area contributed by atoms with Gasteiger partial charge in [-0.25, -0.2) is 4.79 Å². The number of amides is 2. The van der Waals surface area contributed by atoms with Gasteiger partial charge in [-0.15, -0.1) is 0 Å². The molecule has 3 aromatic carbocycles. The molecule has 8 heteroatoms. The number of urea groups is 1. The lowest BCUT2D eigenvalue weighted by atomic mass is 10.0. The number of anilines is 1. The van der Waals surface area contributed by atoms with Gasteiger partial charge in [-0.2, -0.15) is 13.2 Å². The highest BCUT2D eigenvalue weighted by molar-refractivity contribution is 6.30. The Balaban J connectivity index is 1.47. The number of nitrogens with zero attached hydrogens (tertiary/aromatic N) is 1. The Hall–Kier alpha value is -3.19. The number of benzene rings is 3. The fourth-order valence-electron chi connectivity index (χ4n) is 3.21. The average Bonchev–Trinajstić information content (AvgIpc) is 3.11. The Labute approximate surface area is 175 Å². The van der Waals surface area contributed by atoms with E-state index >= 15 is 0 Å². The van der Waals surface area contributed by atoms with Gasteiger partial charge in [-0.1, -0.05) is 23.7 Å². The van der Waals surface area contributed by atoms with E-state index in [1.54, 1.807) is 54.6 Å². The Kier molecular flexibility index (Phi) is 5.30. The van der Waals surface area contributed by atoms with Gasteiger partial charge in [0.25, 0.3) is 0 Å².